The zero-order chi connectivity index (χ0) is 21.1. The van der Waals surface area contributed by atoms with E-state index in [0.29, 0.717) is 0 Å². The zero-order valence-electron chi connectivity index (χ0n) is 18.4. The highest BCUT2D eigenvalue weighted by Gasteiger charge is 2.53. The van der Waals surface area contributed by atoms with Crippen molar-refractivity contribution < 1.29 is 18.9 Å². The fourth-order valence-electron chi connectivity index (χ4n) is 2.74. The van der Waals surface area contributed by atoms with Gasteiger partial charge in [-0.2, -0.15) is 0 Å². The van der Waals surface area contributed by atoms with Gasteiger partial charge in [0.2, 0.25) is 16.6 Å². The van der Waals surface area contributed by atoms with E-state index in [2.05, 4.69) is 39.3 Å². The second kappa shape index (κ2) is 8.61. The van der Waals surface area contributed by atoms with Gasteiger partial charge in [0.25, 0.3) is 0 Å². The fourth-order valence-corrected chi connectivity index (χ4v) is 3.57. The largest absolute Gasteiger partial charge is 0.286 e. The molecule has 0 fully saturated rings. The van der Waals surface area contributed by atoms with Crippen LogP contribution < -0.4 is 0 Å². The summed E-state index contributed by atoms with van der Waals surface area (Å²) < 4.78 is 11.9. The Morgan fingerprint density at radius 3 is 1.07 bits per heavy atom. The molecule has 0 N–H and O–H groups in total. The lowest BCUT2D eigenvalue weighted by molar-refractivity contribution is -0.412. The molecule has 0 aliphatic heterocycles. The van der Waals surface area contributed by atoms with Crippen molar-refractivity contribution in [3.8, 4) is 0 Å². The Balaban J connectivity index is 2.60. The lowest BCUT2D eigenvalue weighted by atomic mass is 9.76. The molecule has 0 aliphatic carbocycles. The summed E-state index contributed by atoms with van der Waals surface area (Å²) in [6.45, 7) is 16.6. The molecule has 0 spiro atoms. The Hall–Kier alpha value is -1.29. The maximum Gasteiger partial charge on any atom is 0.230 e. The standard InChI is InChI=1S/C22H34O4Si2/c1-21(23-25-27(3,4)5,19-15-11-9-12-16-19)22(2,24-26-28(6,7)8)20-17-13-10-14-18-20/h9-18H,1-8H3. The molecule has 0 amide bonds. The second-order valence-electron chi connectivity index (χ2n) is 9.36. The summed E-state index contributed by atoms with van der Waals surface area (Å²) in [5.74, 6) is 0. The molecule has 2 atom stereocenters. The fraction of sp³-hybridized carbons (Fsp3) is 0.455. The minimum Gasteiger partial charge on any atom is -0.286 e. The monoisotopic (exact) mass is 418 g/mol. The smallest absolute Gasteiger partial charge is 0.230 e. The van der Waals surface area contributed by atoms with Crippen molar-refractivity contribution >= 4 is 16.6 Å². The van der Waals surface area contributed by atoms with E-state index in [1.165, 1.54) is 0 Å². The second-order valence-corrected chi connectivity index (χ2v) is 18.1. The molecule has 0 aromatic heterocycles. The van der Waals surface area contributed by atoms with Crippen molar-refractivity contribution in [3.63, 3.8) is 0 Å². The molecule has 2 aromatic rings. The van der Waals surface area contributed by atoms with Crippen LogP contribution in [0, 0.1) is 0 Å². The van der Waals surface area contributed by atoms with Crippen LogP contribution in [0.2, 0.25) is 39.3 Å². The zero-order valence-corrected chi connectivity index (χ0v) is 20.4. The minimum absolute atomic E-state index is 0.935. The van der Waals surface area contributed by atoms with Gasteiger partial charge in [-0.1, -0.05) is 60.7 Å². The molecule has 28 heavy (non-hydrogen) atoms. The number of hydrogen-bond donors (Lipinski definition) is 0. The summed E-state index contributed by atoms with van der Waals surface area (Å²) >= 11 is 0. The first kappa shape index (κ1) is 23.0. The third-order valence-corrected chi connectivity index (χ3v) is 5.64. The van der Waals surface area contributed by atoms with Crippen LogP contribution in [0.4, 0.5) is 0 Å². The Morgan fingerprint density at radius 1 is 0.536 bits per heavy atom. The summed E-state index contributed by atoms with van der Waals surface area (Å²) in [5, 5.41) is 0. The maximum absolute atomic E-state index is 6.24. The van der Waals surface area contributed by atoms with Crippen LogP contribution in [0.3, 0.4) is 0 Å². The highest BCUT2D eigenvalue weighted by molar-refractivity contribution is 6.69. The first-order chi connectivity index (χ1) is 12.9. The first-order valence-electron chi connectivity index (χ1n) is 9.72. The Morgan fingerprint density at radius 2 is 0.821 bits per heavy atom. The minimum atomic E-state index is -1.95. The SMILES string of the molecule is CC(OO[Si](C)(C)C)(c1ccccc1)C(C)(OO[Si](C)(C)C)c1ccccc1. The molecule has 0 heterocycles. The molecule has 4 nitrogen and oxygen atoms in total. The summed E-state index contributed by atoms with van der Waals surface area (Å²) in [6.07, 6.45) is 0. The molecule has 2 aromatic carbocycles. The highest BCUT2D eigenvalue weighted by atomic mass is 28.4. The predicted octanol–water partition coefficient (Wildman–Crippen LogP) is 6.38. The molecular formula is C22H34O4Si2. The Kier molecular flexibility index (Phi) is 7.07. The van der Waals surface area contributed by atoms with E-state index in [1.807, 2.05) is 74.5 Å². The Labute approximate surface area is 171 Å². The van der Waals surface area contributed by atoms with Crippen LogP contribution in [0.15, 0.2) is 60.7 Å². The topological polar surface area (TPSA) is 36.9 Å². The van der Waals surface area contributed by atoms with Crippen LogP contribution in [0.5, 0.6) is 0 Å². The van der Waals surface area contributed by atoms with Crippen LogP contribution in [-0.2, 0) is 30.1 Å². The molecule has 0 bridgehead atoms. The van der Waals surface area contributed by atoms with E-state index in [1.54, 1.807) is 0 Å². The summed E-state index contributed by atoms with van der Waals surface area (Å²) in [7, 11) is -3.90. The summed E-state index contributed by atoms with van der Waals surface area (Å²) in [5.41, 5.74) is 0.0445. The molecule has 6 heteroatoms. The van der Waals surface area contributed by atoms with Gasteiger partial charge >= 0.3 is 0 Å². The van der Waals surface area contributed by atoms with Crippen molar-refractivity contribution in [3.05, 3.63) is 71.8 Å². The van der Waals surface area contributed by atoms with E-state index in [9.17, 15) is 0 Å². The molecule has 0 saturated carbocycles. The molecule has 0 aliphatic rings. The third-order valence-electron chi connectivity index (χ3n) is 4.48. The van der Waals surface area contributed by atoms with Gasteiger partial charge in [-0.15, -0.1) is 0 Å². The molecular weight excluding hydrogens is 384 g/mol. The quantitative estimate of drug-likeness (QED) is 0.269. The number of benzene rings is 2. The van der Waals surface area contributed by atoms with Crippen molar-refractivity contribution in [2.75, 3.05) is 0 Å². The summed E-state index contributed by atoms with van der Waals surface area (Å²) in [6, 6.07) is 20.1. The first-order valence-corrected chi connectivity index (χ1v) is 16.5. The van der Waals surface area contributed by atoms with Gasteiger partial charge in [-0.25, -0.2) is 9.78 Å². The van der Waals surface area contributed by atoms with Gasteiger partial charge < -0.3 is 0 Å². The van der Waals surface area contributed by atoms with E-state index in [4.69, 9.17) is 18.9 Å². The van der Waals surface area contributed by atoms with Gasteiger partial charge in [0, 0.05) is 0 Å². The average molecular weight is 419 g/mol. The normalized spacial score (nSPS) is 17.0. The average Bonchev–Trinajstić information content (AvgIpc) is 2.64. The van der Waals surface area contributed by atoms with Gasteiger partial charge in [-0.3, -0.25) is 9.15 Å². The molecule has 0 radical (unpaired) electrons. The van der Waals surface area contributed by atoms with Crippen molar-refractivity contribution in [1.29, 1.82) is 0 Å². The molecule has 154 valence electrons. The van der Waals surface area contributed by atoms with Gasteiger partial charge in [-0.05, 0) is 64.3 Å². The van der Waals surface area contributed by atoms with Crippen LogP contribution >= 0.6 is 0 Å². The van der Waals surface area contributed by atoms with Crippen LogP contribution in [0.25, 0.3) is 0 Å². The van der Waals surface area contributed by atoms with Crippen molar-refractivity contribution in [2.24, 2.45) is 0 Å². The number of rotatable bonds is 9. The molecule has 2 rings (SSSR count). The van der Waals surface area contributed by atoms with Gasteiger partial charge in [0.15, 0.2) is 11.2 Å². The molecule has 0 saturated heterocycles. The third kappa shape index (κ3) is 5.62. The van der Waals surface area contributed by atoms with E-state index in [-0.39, 0.29) is 0 Å². The van der Waals surface area contributed by atoms with Crippen LogP contribution in [0.1, 0.15) is 25.0 Å². The number of hydrogen-bond acceptors (Lipinski definition) is 4. The molecule has 2 unspecified atom stereocenters. The predicted molar refractivity (Wildman–Crippen MR) is 119 cm³/mol. The van der Waals surface area contributed by atoms with Crippen molar-refractivity contribution in [2.45, 2.75) is 64.3 Å². The lowest BCUT2D eigenvalue weighted by Crippen LogP contribution is -2.51. The van der Waals surface area contributed by atoms with Crippen molar-refractivity contribution in [1.82, 2.24) is 0 Å². The Bertz CT molecular complexity index is 675. The van der Waals surface area contributed by atoms with E-state index < -0.39 is 27.8 Å². The summed E-state index contributed by atoms with van der Waals surface area (Å²) in [4.78, 5) is 12.5. The lowest BCUT2D eigenvalue weighted by Gasteiger charge is -2.45. The van der Waals surface area contributed by atoms with E-state index >= 15 is 0 Å². The van der Waals surface area contributed by atoms with E-state index in [0.717, 1.165) is 11.1 Å². The maximum atomic E-state index is 6.24. The van der Waals surface area contributed by atoms with Gasteiger partial charge in [0.1, 0.15) is 0 Å². The van der Waals surface area contributed by atoms with Gasteiger partial charge in [0.05, 0.1) is 0 Å². The highest BCUT2D eigenvalue weighted by Crippen LogP contribution is 2.47. The van der Waals surface area contributed by atoms with Crippen LogP contribution in [-0.4, -0.2) is 16.6 Å².